The van der Waals surface area contributed by atoms with E-state index in [-0.39, 0.29) is 18.1 Å². The number of anilines is 1. The summed E-state index contributed by atoms with van der Waals surface area (Å²) in [7, 11) is 0. The Morgan fingerprint density at radius 3 is 2.87 bits per heavy atom. The molecule has 0 bridgehead atoms. The van der Waals surface area contributed by atoms with E-state index in [1.165, 1.54) is 4.68 Å². The number of aromatic nitrogens is 4. The van der Waals surface area contributed by atoms with Gasteiger partial charge in [-0.1, -0.05) is 36.3 Å². The zero-order valence-corrected chi connectivity index (χ0v) is 17.0. The van der Waals surface area contributed by atoms with Crippen LogP contribution in [0.1, 0.15) is 31.4 Å². The summed E-state index contributed by atoms with van der Waals surface area (Å²) < 4.78 is 3.14. The Hall–Kier alpha value is -3.15. The number of aliphatic hydroxyl groups is 1. The van der Waals surface area contributed by atoms with Crippen LogP contribution in [0.4, 0.5) is 5.95 Å². The van der Waals surface area contributed by atoms with Crippen molar-refractivity contribution < 1.29 is 5.11 Å². The summed E-state index contributed by atoms with van der Waals surface area (Å²) in [5.41, 5.74) is 7.57. The average molecular weight is 406 g/mol. The first-order chi connectivity index (χ1) is 14.6. The van der Waals surface area contributed by atoms with Gasteiger partial charge in [-0.25, -0.2) is 9.67 Å². The molecule has 0 amide bonds. The molecule has 3 heterocycles. The molecule has 0 saturated carbocycles. The number of benzene rings is 1. The van der Waals surface area contributed by atoms with Gasteiger partial charge in [-0.05, 0) is 25.3 Å². The van der Waals surface area contributed by atoms with Gasteiger partial charge in [-0.2, -0.15) is 5.10 Å². The molecule has 1 saturated heterocycles. The van der Waals surface area contributed by atoms with Gasteiger partial charge in [0.05, 0.1) is 25.4 Å². The number of fused-ring (bicyclic) bond motifs is 1. The third-order valence-electron chi connectivity index (χ3n) is 5.42. The van der Waals surface area contributed by atoms with Crippen molar-refractivity contribution in [2.24, 2.45) is 5.73 Å². The van der Waals surface area contributed by atoms with E-state index in [1.54, 1.807) is 13.1 Å². The maximum absolute atomic E-state index is 13.3. The summed E-state index contributed by atoms with van der Waals surface area (Å²) in [6.07, 6.45) is 2.71. The van der Waals surface area contributed by atoms with Crippen molar-refractivity contribution in [2.45, 2.75) is 45.0 Å². The van der Waals surface area contributed by atoms with Gasteiger partial charge in [-0.15, -0.1) is 5.92 Å². The van der Waals surface area contributed by atoms with E-state index in [2.05, 4.69) is 21.8 Å². The second kappa shape index (κ2) is 8.69. The molecule has 1 aliphatic heterocycles. The Balaban J connectivity index is 1.75. The molecule has 156 valence electrons. The zero-order chi connectivity index (χ0) is 21.1. The van der Waals surface area contributed by atoms with Gasteiger partial charge < -0.3 is 15.7 Å². The van der Waals surface area contributed by atoms with Gasteiger partial charge >= 0.3 is 0 Å². The molecular formula is C22H26N6O2. The van der Waals surface area contributed by atoms with Crippen LogP contribution in [0, 0.1) is 11.8 Å². The van der Waals surface area contributed by atoms with E-state index in [4.69, 9.17) is 10.7 Å². The summed E-state index contributed by atoms with van der Waals surface area (Å²) in [5.74, 6) is 6.63. The minimum Gasteiger partial charge on any atom is -0.386 e. The van der Waals surface area contributed by atoms with E-state index < -0.39 is 6.10 Å². The van der Waals surface area contributed by atoms with Crippen molar-refractivity contribution in [3.63, 3.8) is 0 Å². The molecule has 8 heteroatoms. The Kier molecular flexibility index (Phi) is 5.84. The zero-order valence-electron chi connectivity index (χ0n) is 17.0. The molecule has 30 heavy (non-hydrogen) atoms. The first-order valence-corrected chi connectivity index (χ1v) is 10.2. The highest BCUT2D eigenvalue weighted by molar-refractivity contribution is 5.77. The third-order valence-corrected chi connectivity index (χ3v) is 5.42. The van der Waals surface area contributed by atoms with Crippen LogP contribution >= 0.6 is 0 Å². The summed E-state index contributed by atoms with van der Waals surface area (Å²) in [6.45, 7) is 3.72. The molecule has 3 N–H and O–H groups in total. The lowest BCUT2D eigenvalue weighted by molar-refractivity contribution is 0.149. The van der Waals surface area contributed by atoms with Crippen molar-refractivity contribution in [3.8, 4) is 11.8 Å². The number of nitrogens with two attached hydrogens (primary N) is 1. The predicted molar refractivity (Wildman–Crippen MR) is 116 cm³/mol. The molecule has 1 fully saturated rings. The molecule has 4 rings (SSSR count). The van der Waals surface area contributed by atoms with Gasteiger partial charge in [0.2, 0.25) is 5.95 Å². The Morgan fingerprint density at radius 1 is 1.33 bits per heavy atom. The van der Waals surface area contributed by atoms with Gasteiger partial charge in [0.25, 0.3) is 5.56 Å². The molecule has 0 spiro atoms. The van der Waals surface area contributed by atoms with Crippen LogP contribution in [0.3, 0.4) is 0 Å². The van der Waals surface area contributed by atoms with Gasteiger partial charge in [0.1, 0.15) is 11.0 Å². The number of piperidine rings is 1. The molecule has 2 unspecified atom stereocenters. The standard InChI is InChI=1S/C22H26N6O2/c1-2-3-12-27-20-18(25-22(27)26-11-7-10-17(23)14-26)13-24-28(21(20)30)15-19(29)16-8-5-4-6-9-16/h4-6,8-9,13,17,19,29H,7,10-12,14-15,23H2,1H3. The average Bonchev–Trinajstić information content (AvgIpc) is 3.14. The fourth-order valence-corrected chi connectivity index (χ4v) is 3.89. The van der Waals surface area contributed by atoms with Crippen molar-refractivity contribution in [1.29, 1.82) is 0 Å². The molecule has 2 atom stereocenters. The fourth-order valence-electron chi connectivity index (χ4n) is 3.89. The normalized spacial score (nSPS) is 17.6. The van der Waals surface area contributed by atoms with Crippen LogP contribution in [0.15, 0.2) is 41.3 Å². The number of hydrogen-bond acceptors (Lipinski definition) is 6. The summed E-state index contributed by atoms with van der Waals surface area (Å²) in [4.78, 5) is 20.1. The molecule has 8 nitrogen and oxygen atoms in total. The molecule has 3 aromatic rings. The number of aliphatic hydroxyl groups excluding tert-OH is 1. The predicted octanol–water partition coefficient (Wildman–Crippen LogP) is 1.28. The van der Waals surface area contributed by atoms with Crippen LogP contribution in [0.2, 0.25) is 0 Å². The van der Waals surface area contributed by atoms with Crippen LogP contribution in [0.5, 0.6) is 0 Å². The number of nitrogens with zero attached hydrogens (tertiary/aromatic N) is 5. The maximum atomic E-state index is 13.3. The highest BCUT2D eigenvalue weighted by Gasteiger charge is 2.24. The van der Waals surface area contributed by atoms with Crippen LogP contribution < -0.4 is 16.2 Å². The SMILES string of the molecule is CC#CCn1c(N2CCCC(N)C2)nc2cnn(CC(O)c3ccccc3)c(=O)c21. The van der Waals surface area contributed by atoms with Gasteiger partial charge in [0, 0.05) is 19.1 Å². The minimum absolute atomic E-state index is 0.0628. The monoisotopic (exact) mass is 406 g/mol. The Labute approximate surface area is 174 Å². The highest BCUT2D eigenvalue weighted by atomic mass is 16.3. The second-order valence-electron chi connectivity index (χ2n) is 7.57. The third kappa shape index (κ3) is 3.95. The number of imidazole rings is 1. The van der Waals surface area contributed by atoms with Crippen LogP contribution in [0.25, 0.3) is 11.0 Å². The lowest BCUT2D eigenvalue weighted by Gasteiger charge is -2.31. The van der Waals surface area contributed by atoms with E-state index in [9.17, 15) is 9.90 Å². The lowest BCUT2D eigenvalue weighted by atomic mass is 10.1. The summed E-state index contributed by atoms with van der Waals surface area (Å²) >= 11 is 0. The second-order valence-corrected chi connectivity index (χ2v) is 7.57. The van der Waals surface area contributed by atoms with E-state index in [1.807, 2.05) is 34.9 Å². The van der Waals surface area contributed by atoms with Crippen LogP contribution in [-0.2, 0) is 13.1 Å². The summed E-state index contributed by atoms with van der Waals surface area (Å²) in [6, 6.07) is 9.33. The maximum Gasteiger partial charge on any atom is 0.293 e. The first kappa shape index (κ1) is 20.1. The minimum atomic E-state index is -0.833. The molecular weight excluding hydrogens is 380 g/mol. The molecule has 2 aromatic heterocycles. The first-order valence-electron chi connectivity index (χ1n) is 10.2. The van der Waals surface area contributed by atoms with Crippen molar-refractivity contribution >= 4 is 17.0 Å². The van der Waals surface area contributed by atoms with E-state index in [0.29, 0.717) is 30.1 Å². The molecule has 1 aromatic carbocycles. The fraction of sp³-hybridized carbons (Fsp3) is 0.409. The lowest BCUT2D eigenvalue weighted by Crippen LogP contribution is -2.44. The van der Waals surface area contributed by atoms with Crippen molar-refractivity contribution in [2.75, 3.05) is 18.0 Å². The van der Waals surface area contributed by atoms with Crippen molar-refractivity contribution in [3.05, 3.63) is 52.4 Å². The highest BCUT2D eigenvalue weighted by Crippen LogP contribution is 2.23. The smallest absolute Gasteiger partial charge is 0.293 e. The Morgan fingerprint density at radius 2 is 2.13 bits per heavy atom. The van der Waals surface area contributed by atoms with Gasteiger partial charge in [-0.3, -0.25) is 9.36 Å². The topological polar surface area (TPSA) is 102 Å². The van der Waals surface area contributed by atoms with Crippen LogP contribution in [-0.4, -0.2) is 43.6 Å². The van der Waals surface area contributed by atoms with Gasteiger partial charge in [0.15, 0.2) is 0 Å². The number of rotatable bonds is 5. The largest absolute Gasteiger partial charge is 0.386 e. The summed E-state index contributed by atoms with van der Waals surface area (Å²) in [5, 5.41) is 14.8. The number of hydrogen-bond donors (Lipinski definition) is 2. The molecule has 0 aliphatic carbocycles. The molecule has 0 radical (unpaired) electrons. The van der Waals surface area contributed by atoms with Crippen molar-refractivity contribution in [1.82, 2.24) is 19.3 Å². The van der Waals surface area contributed by atoms with E-state index in [0.717, 1.165) is 24.9 Å². The molecule has 1 aliphatic rings. The quantitative estimate of drug-likeness (QED) is 0.619. The van der Waals surface area contributed by atoms with E-state index >= 15 is 0 Å². The Bertz CT molecular complexity index is 1140.